The molecule has 0 unspecified atom stereocenters. The van der Waals surface area contributed by atoms with Gasteiger partial charge < -0.3 is 4.79 Å². The molecule has 3 aromatic rings. The van der Waals surface area contributed by atoms with Crippen LogP contribution < -0.4 is 0 Å². The summed E-state index contributed by atoms with van der Waals surface area (Å²) >= 11 is 0. The first-order chi connectivity index (χ1) is 13.8. The van der Waals surface area contributed by atoms with Crippen molar-refractivity contribution in [1.29, 1.82) is 0 Å². The Hall–Kier alpha value is -2.93. The summed E-state index contributed by atoms with van der Waals surface area (Å²) in [5.74, 6) is 0.397. The normalized spacial score (nSPS) is 14.0. The fourth-order valence-corrected chi connectivity index (χ4v) is 3.99. The van der Waals surface area contributed by atoms with Crippen molar-refractivity contribution in [3.05, 3.63) is 120 Å². The maximum absolute atomic E-state index is 12.2. The van der Waals surface area contributed by atoms with Crippen molar-refractivity contribution in [2.45, 2.75) is 19.3 Å². The van der Waals surface area contributed by atoms with Crippen LogP contribution in [0, 0.1) is 17.8 Å². The van der Waals surface area contributed by atoms with E-state index in [1.807, 2.05) is 36.4 Å². The monoisotopic (exact) mass is 368 g/mol. The Morgan fingerprint density at radius 1 is 0.607 bits per heavy atom. The lowest BCUT2D eigenvalue weighted by Crippen LogP contribution is -2.29. The SMILES string of the molecule is C=C[C@@H](Cc1ccccc1)[C@H](Cc1ccccc1)[C@H](C=O)Cc1ccccc1. The molecule has 0 aromatic heterocycles. The van der Waals surface area contributed by atoms with Crippen molar-refractivity contribution >= 4 is 6.29 Å². The molecular weight excluding hydrogens is 340 g/mol. The van der Waals surface area contributed by atoms with Crippen LogP contribution in [-0.4, -0.2) is 6.29 Å². The van der Waals surface area contributed by atoms with Gasteiger partial charge in [-0.3, -0.25) is 0 Å². The highest BCUT2D eigenvalue weighted by Gasteiger charge is 2.28. The molecule has 0 heterocycles. The largest absolute Gasteiger partial charge is 0.303 e. The first-order valence-corrected chi connectivity index (χ1v) is 9.99. The van der Waals surface area contributed by atoms with Gasteiger partial charge in [0.15, 0.2) is 0 Å². The van der Waals surface area contributed by atoms with E-state index in [2.05, 4.69) is 67.2 Å². The Kier molecular flexibility index (Phi) is 7.37. The average molecular weight is 369 g/mol. The highest BCUT2D eigenvalue weighted by molar-refractivity contribution is 5.55. The molecule has 0 saturated carbocycles. The number of rotatable bonds is 10. The van der Waals surface area contributed by atoms with E-state index in [-0.39, 0.29) is 17.8 Å². The van der Waals surface area contributed by atoms with E-state index in [0.717, 1.165) is 25.5 Å². The Morgan fingerprint density at radius 2 is 1.00 bits per heavy atom. The second-order valence-electron chi connectivity index (χ2n) is 7.43. The third-order valence-corrected chi connectivity index (χ3v) is 5.52. The first kappa shape index (κ1) is 19.8. The van der Waals surface area contributed by atoms with Gasteiger partial charge in [0.1, 0.15) is 6.29 Å². The van der Waals surface area contributed by atoms with Gasteiger partial charge in [-0.25, -0.2) is 0 Å². The predicted octanol–water partition coefficient (Wildman–Crippen LogP) is 5.95. The van der Waals surface area contributed by atoms with Crippen LogP contribution in [0.4, 0.5) is 0 Å². The topological polar surface area (TPSA) is 17.1 Å². The molecule has 0 aliphatic rings. The quantitative estimate of drug-likeness (QED) is 0.319. The average Bonchev–Trinajstić information content (AvgIpc) is 2.77. The summed E-state index contributed by atoms with van der Waals surface area (Å²) in [6.07, 6.45) is 5.74. The fourth-order valence-electron chi connectivity index (χ4n) is 3.99. The molecule has 0 fully saturated rings. The van der Waals surface area contributed by atoms with Crippen LogP contribution in [0.5, 0.6) is 0 Å². The number of hydrogen-bond donors (Lipinski definition) is 0. The molecule has 3 aromatic carbocycles. The van der Waals surface area contributed by atoms with E-state index in [1.165, 1.54) is 16.7 Å². The van der Waals surface area contributed by atoms with Crippen LogP contribution in [-0.2, 0) is 24.1 Å². The lowest BCUT2D eigenvalue weighted by Gasteiger charge is -2.30. The van der Waals surface area contributed by atoms with Crippen LogP contribution in [0.15, 0.2) is 104 Å². The standard InChI is InChI=1S/C27H28O/c1-2-25(18-22-12-6-3-7-13-22)27(20-24-16-10-5-11-17-24)26(21-28)19-23-14-8-4-9-15-23/h2-17,21,25-27H,1,18-20H2/t25-,26-,27-/m0/s1. The number of carbonyl (C=O) groups is 1. The summed E-state index contributed by atoms with van der Waals surface area (Å²) in [5, 5.41) is 0. The minimum Gasteiger partial charge on any atom is -0.303 e. The molecule has 3 atom stereocenters. The van der Waals surface area contributed by atoms with Crippen molar-refractivity contribution in [3.8, 4) is 0 Å². The van der Waals surface area contributed by atoms with Crippen molar-refractivity contribution in [2.75, 3.05) is 0 Å². The van der Waals surface area contributed by atoms with Crippen molar-refractivity contribution in [3.63, 3.8) is 0 Å². The van der Waals surface area contributed by atoms with Gasteiger partial charge in [-0.05, 0) is 47.8 Å². The minimum atomic E-state index is -0.0469. The minimum absolute atomic E-state index is 0.0469. The zero-order valence-corrected chi connectivity index (χ0v) is 16.3. The number of hydrogen-bond acceptors (Lipinski definition) is 1. The predicted molar refractivity (Wildman–Crippen MR) is 117 cm³/mol. The Balaban J connectivity index is 1.87. The van der Waals surface area contributed by atoms with Crippen LogP contribution in [0.1, 0.15) is 16.7 Å². The molecule has 0 spiro atoms. The zero-order chi connectivity index (χ0) is 19.6. The Bertz CT molecular complexity index is 786. The van der Waals surface area contributed by atoms with E-state index in [4.69, 9.17) is 0 Å². The second-order valence-corrected chi connectivity index (χ2v) is 7.43. The molecule has 0 aliphatic carbocycles. The molecule has 0 amide bonds. The molecule has 3 rings (SSSR count). The molecule has 0 radical (unpaired) electrons. The van der Waals surface area contributed by atoms with Crippen molar-refractivity contribution in [1.82, 2.24) is 0 Å². The van der Waals surface area contributed by atoms with Crippen LogP contribution in [0.2, 0.25) is 0 Å². The number of allylic oxidation sites excluding steroid dienone is 1. The molecule has 0 N–H and O–H groups in total. The van der Waals surface area contributed by atoms with Crippen LogP contribution >= 0.6 is 0 Å². The number of carbonyl (C=O) groups excluding carboxylic acids is 1. The van der Waals surface area contributed by atoms with Gasteiger partial charge in [0.2, 0.25) is 0 Å². The van der Waals surface area contributed by atoms with Crippen LogP contribution in [0.3, 0.4) is 0 Å². The van der Waals surface area contributed by atoms with Crippen LogP contribution in [0.25, 0.3) is 0 Å². The van der Waals surface area contributed by atoms with Gasteiger partial charge in [0.05, 0.1) is 0 Å². The fraction of sp³-hybridized carbons (Fsp3) is 0.222. The summed E-state index contributed by atoms with van der Waals surface area (Å²) in [4.78, 5) is 12.2. The molecular formula is C27H28O. The summed E-state index contributed by atoms with van der Waals surface area (Å²) in [5.41, 5.74) is 3.77. The maximum Gasteiger partial charge on any atom is 0.123 e. The Morgan fingerprint density at radius 3 is 1.39 bits per heavy atom. The molecule has 1 heteroatoms. The lowest BCUT2D eigenvalue weighted by atomic mass is 9.73. The third kappa shape index (κ3) is 5.53. The molecule has 28 heavy (non-hydrogen) atoms. The van der Waals surface area contributed by atoms with Crippen molar-refractivity contribution in [2.24, 2.45) is 17.8 Å². The van der Waals surface area contributed by atoms with Gasteiger partial charge in [-0.2, -0.15) is 0 Å². The maximum atomic E-state index is 12.2. The Labute approximate surface area is 168 Å². The van der Waals surface area contributed by atoms with Gasteiger partial charge in [-0.15, -0.1) is 6.58 Å². The second kappa shape index (κ2) is 10.4. The summed E-state index contributed by atoms with van der Waals surface area (Å²) in [7, 11) is 0. The van der Waals surface area contributed by atoms with E-state index in [1.54, 1.807) is 0 Å². The molecule has 0 saturated heterocycles. The van der Waals surface area contributed by atoms with Gasteiger partial charge in [0, 0.05) is 5.92 Å². The third-order valence-electron chi connectivity index (χ3n) is 5.52. The van der Waals surface area contributed by atoms with E-state index < -0.39 is 0 Å². The summed E-state index contributed by atoms with van der Waals surface area (Å²) in [6, 6.07) is 31.3. The number of benzene rings is 3. The molecule has 0 aliphatic heterocycles. The summed E-state index contributed by atoms with van der Waals surface area (Å²) in [6.45, 7) is 4.13. The molecule has 0 bridgehead atoms. The van der Waals surface area contributed by atoms with E-state index in [0.29, 0.717) is 0 Å². The highest BCUT2D eigenvalue weighted by atomic mass is 16.1. The highest BCUT2D eigenvalue weighted by Crippen LogP contribution is 2.31. The smallest absolute Gasteiger partial charge is 0.123 e. The van der Waals surface area contributed by atoms with Gasteiger partial charge in [0.25, 0.3) is 0 Å². The first-order valence-electron chi connectivity index (χ1n) is 9.99. The number of aldehydes is 1. The zero-order valence-electron chi connectivity index (χ0n) is 16.3. The molecule has 142 valence electrons. The van der Waals surface area contributed by atoms with Gasteiger partial charge >= 0.3 is 0 Å². The molecule has 1 nitrogen and oxygen atoms in total. The van der Waals surface area contributed by atoms with E-state index >= 15 is 0 Å². The summed E-state index contributed by atoms with van der Waals surface area (Å²) < 4.78 is 0. The van der Waals surface area contributed by atoms with Crippen molar-refractivity contribution < 1.29 is 4.79 Å². The van der Waals surface area contributed by atoms with E-state index in [9.17, 15) is 4.79 Å². The van der Waals surface area contributed by atoms with Gasteiger partial charge in [-0.1, -0.05) is 97.1 Å². The lowest BCUT2D eigenvalue weighted by molar-refractivity contribution is -0.113.